The molecule has 3 aliphatic rings. The summed E-state index contributed by atoms with van der Waals surface area (Å²) >= 11 is 0. The first kappa shape index (κ1) is 12.0. The molecule has 1 nitrogen and oxygen atoms in total. The smallest absolute Gasteiger partial charge is 0.0131 e. The maximum Gasteiger partial charge on any atom is 0.0131 e. The van der Waals surface area contributed by atoms with Gasteiger partial charge < -0.3 is 5.32 Å². The summed E-state index contributed by atoms with van der Waals surface area (Å²) in [6.07, 6.45) is 8.74. The summed E-state index contributed by atoms with van der Waals surface area (Å²) in [7, 11) is 0. The van der Waals surface area contributed by atoms with E-state index in [0.717, 1.165) is 23.9 Å². The van der Waals surface area contributed by atoms with E-state index in [1.54, 1.807) is 0 Å². The van der Waals surface area contributed by atoms with Gasteiger partial charge in [-0.1, -0.05) is 27.2 Å². The zero-order valence-corrected chi connectivity index (χ0v) is 12.1. The van der Waals surface area contributed by atoms with Gasteiger partial charge in [0, 0.05) is 12.1 Å². The van der Waals surface area contributed by atoms with Crippen molar-refractivity contribution in [1.82, 2.24) is 5.32 Å². The van der Waals surface area contributed by atoms with Crippen molar-refractivity contribution in [2.75, 3.05) is 0 Å². The van der Waals surface area contributed by atoms with Crippen LogP contribution in [0, 0.1) is 22.7 Å². The van der Waals surface area contributed by atoms with Crippen molar-refractivity contribution in [3.8, 4) is 0 Å². The Hall–Kier alpha value is -0.0400. The van der Waals surface area contributed by atoms with Crippen molar-refractivity contribution in [2.24, 2.45) is 22.7 Å². The minimum Gasteiger partial charge on any atom is -0.311 e. The Morgan fingerprint density at radius 3 is 2.24 bits per heavy atom. The van der Waals surface area contributed by atoms with Gasteiger partial charge in [-0.25, -0.2) is 0 Å². The average molecular weight is 235 g/mol. The van der Waals surface area contributed by atoms with Crippen molar-refractivity contribution in [3.05, 3.63) is 0 Å². The average Bonchev–Trinajstić information content (AvgIpc) is 2.47. The van der Waals surface area contributed by atoms with Crippen LogP contribution in [0.25, 0.3) is 0 Å². The molecule has 1 N–H and O–H groups in total. The number of hydrogen-bond acceptors (Lipinski definition) is 1. The van der Waals surface area contributed by atoms with Crippen LogP contribution in [0.1, 0.15) is 66.2 Å². The van der Waals surface area contributed by atoms with Crippen LogP contribution in [0.5, 0.6) is 0 Å². The summed E-state index contributed by atoms with van der Waals surface area (Å²) in [5, 5.41) is 4.01. The third-order valence-electron chi connectivity index (χ3n) is 7.12. The normalized spacial score (nSPS) is 45.9. The summed E-state index contributed by atoms with van der Waals surface area (Å²) in [4.78, 5) is 0. The van der Waals surface area contributed by atoms with E-state index in [4.69, 9.17) is 0 Å². The molecular weight excluding hydrogens is 206 g/mol. The molecule has 0 aromatic rings. The monoisotopic (exact) mass is 235 g/mol. The molecule has 0 heterocycles. The second-order valence-electron chi connectivity index (χ2n) is 7.81. The van der Waals surface area contributed by atoms with Gasteiger partial charge in [0.2, 0.25) is 0 Å². The predicted molar refractivity (Wildman–Crippen MR) is 73.0 cm³/mol. The second-order valence-corrected chi connectivity index (χ2v) is 7.81. The van der Waals surface area contributed by atoms with Gasteiger partial charge in [0.05, 0.1) is 0 Å². The molecule has 2 bridgehead atoms. The molecule has 98 valence electrons. The highest BCUT2D eigenvalue weighted by atomic mass is 15.0. The molecular formula is C16H29N. The van der Waals surface area contributed by atoms with Crippen LogP contribution >= 0.6 is 0 Å². The lowest BCUT2D eigenvalue weighted by molar-refractivity contribution is 0.103. The molecule has 0 aromatic heterocycles. The van der Waals surface area contributed by atoms with Gasteiger partial charge in [-0.05, 0) is 61.7 Å². The maximum atomic E-state index is 4.01. The fraction of sp³-hybridized carbons (Fsp3) is 1.00. The van der Waals surface area contributed by atoms with E-state index >= 15 is 0 Å². The minimum atomic E-state index is 0.551. The Bertz CT molecular complexity index is 305. The Morgan fingerprint density at radius 1 is 1.12 bits per heavy atom. The summed E-state index contributed by atoms with van der Waals surface area (Å²) in [5.41, 5.74) is 1.11. The molecule has 17 heavy (non-hydrogen) atoms. The molecule has 1 heteroatoms. The number of hydrogen-bond donors (Lipinski definition) is 1. The molecule has 3 fully saturated rings. The van der Waals surface area contributed by atoms with Crippen LogP contribution in [-0.4, -0.2) is 12.1 Å². The summed E-state index contributed by atoms with van der Waals surface area (Å²) in [6, 6.07) is 1.53. The fourth-order valence-corrected chi connectivity index (χ4v) is 4.85. The summed E-state index contributed by atoms with van der Waals surface area (Å²) in [6.45, 7) is 10.00. The summed E-state index contributed by atoms with van der Waals surface area (Å²) < 4.78 is 0. The topological polar surface area (TPSA) is 12.0 Å². The number of rotatable bonds is 3. The van der Waals surface area contributed by atoms with Gasteiger partial charge in [0.15, 0.2) is 0 Å². The van der Waals surface area contributed by atoms with Gasteiger partial charge >= 0.3 is 0 Å². The largest absolute Gasteiger partial charge is 0.311 e. The molecule has 4 atom stereocenters. The maximum absolute atomic E-state index is 4.01. The second kappa shape index (κ2) is 3.73. The molecule has 0 spiro atoms. The lowest BCUT2D eigenvalue weighted by Crippen LogP contribution is -2.50. The lowest BCUT2D eigenvalue weighted by atomic mass is 9.68. The zero-order chi connectivity index (χ0) is 12.3. The standard InChI is InChI=1S/C16H29N/c1-11(12-6-5-7-12)17-14-10-13-8-9-16(14,4)15(13,2)3/h11-14,17H,5-10H2,1-4H3. The Morgan fingerprint density at radius 2 is 1.82 bits per heavy atom. The first-order valence-electron chi connectivity index (χ1n) is 7.71. The van der Waals surface area contributed by atoms with Crippen molar-refractivity contribution >= 4 is 0 Å². The Kier molecular flexibility index (Phi) is 2.63. The molecule has 0 saturated heterocycles. The highest BCUT2D eigenvalue weighted by Gasteiger charge is 2.61. The lowest BCUT2D eigenvalue weighted by Gasteiger charge is -2.43. The fourth-order valence-electron chi connectivity index (χ4n) is 4.85. The molecule has 0 radical (unpaired) electrons. The van der Waals surface area contributed by atoms with Gasteiger partial charge in [0.25, 0.3) is 0 Å². The highest BCUT2D eigenvalue weighted by Crippen LogP contribution is 2.65. The number of nitrogens with one attached hydrogen (secondary N) is 1. The minimum absolute atomic E-state index is 0.551. The van der Waals surface area contributed by atoms with Crippen LogP contribution in [0.3, 0.4) is 0 Å². The third-order valence-corrected chi connectivity index (χ3v) is 7.12. The SMILES string of the molecule is CC(NC1CC2CCC1(C)C2(C)C)C1CCC1. The molecule has 0 aliphatic heterocycles. The van der Waals surface area contributed by atoms with E-state index in [0.29, 0.717) is 10.8 Å². The third kappa shape index (κ3) is 1.54. The van der Waals surface area contributed by atoms with Gasteiger partial charge in [-0.3, -0.25) is 0 Å². The first-order chi connectivity index (χ1) is 7.95. The summed E-state index contributed by atoms with van der Waals surface area (Å²) in [5.74, 6) is 1.94. The van der Waals surface area contributed by atoms with E-state index in [2.05, 4.69) is 33.0 Å². The van der Waals surface area contributed by atoms with Crippen LogP contribution in [0.2, 0.25) is 0 Å². The van der Waals surface area contributed by atoms with Crippen molar-refractivity contribution in [3.63, 3.8) is 0 Å². The van der Waals surface area contributed by atoms with Crippen molar-refractivity contribution < 1.29 is 0 Å². The molecule has 0 aromatic carbocycles. The van der Waals surface area contributed by atoms with Crippen LogP contribution in [-0.2, 0) is 0 Å². The van der Waals surface area contributed by atoms with E-state index in [1.165, 1.54) is 38.5 Å². The molecule has 4 unspecified atom stereocenters. The van der Waals surface area contributed by atoms with E-state index in [-0.39, 0.29) is 0 Å². The quantitative estimate of drug-likeness (QED) is 0.780. The van der Waals surface area contributed by atoms with Crippen LogP contribution in [0.4, 0.5) is 0 Å². The van der Waals surface area contributed by atoms with Crippen LogP contribution < -0.4 is 5.32 Å². The molecule has 0 amide bonds. The van der Waals surface area contributed by atoms with Crippen LogP contribution in [0.15, 0.2) is 0 Å². The van der Waals surface area contributed by atoms with E-state index < -0.39 is 0 Å². The van der Waals surface area contributed by atoms with Gasteiger partial charge in [-0.15, -0.1) is 0 Å². The highest BCUT2D eigenvalue weighted by molar-refractivity contribution is 5.13. The molecule has 3 rings (SSSR count). The number of fused-ring (bicyclic) bond motifs is 2. The Labute approximate surface area is 107 Å². The van der Waals surface area contributed by atoms with Gasteiger partial charge in [-0.2, -0.15) is 0 Å². The van der Waals surface area contributed by atoms with Crippen molar-refractivity contribution in [2.45, 2.75) is 78.3 Å². The van der Waals surface area contributed by atoms with Crippen molar-refractivity contribution in [1.29, 1.82) is 0 Å². The predicted octanol–water partition coefficient (Wildman–Crippen LogP) is 3.98. The van der Waals surface area contributed by atoms with E-state index in [9.17, 15) is 0 Å². The molecule has 3 aliphatic carbocycles. The zero-order valence-electron chi connectivity index (χ0n) is 12.1. The molecule has 3 saturated carbocycles. The van der Waals surface area contributed by atoms with Gasteiger partial charge in [0.1, 0.15) is 0 Å². The Balaban J connectivity index is 1.69. The first-order valence-corrected chi connectivity index (χ1v) is 7.71. The van der Waals surface area contributed by atoms with E-state index in [1.807, 2.05) is 0 Å².